The Morgan fingerprint density at radius 3 is 1.14 bits per heavy atom. The van der Waals surface area contributed by atoms with Gasteiger partial charge in [0.25, 0.3) is 0 Å². The van der Waals surface area contributed by atoms with E-state index in [0.29, 0.717) is 34.4 Å². The van der Waals surface area contributed by atoms with Crippen molar-refractivity contribution >= 4 is 21.8 Å². The van der Waals surface area contributed by atoms with Crippen LogP contribution >= 0.6 is 0 Å². The molecule has 0 aliphatic carbocycles. The molecule has 0 atom stereocenters. The molecule has 0 N–H and O–H groups in total. The fourth-order valence-corrected chi connectivity index (χ4v) is 9.25. The quantitative estimate of drug-likeness (QED) is 0.142. The van der Waals surface area contributed by atoms with Gasteiger partial charge in [0.15, 0.2) is 23.3 Å². The summed E-state index contributed by atoms with van der Waals surface area (Å²) >= 11 is 0. The zero-order valence-electron chi connectivity index (χ0n) is 38.0. The average Bonchev–Trinajstić information content (AvgIpc) is 3.78. The van der Waals surface area contributed by atoms with Crippen molar-refractivity contribution < 1.29 is 0 Å². The number of fused-ring (bicyclic) bond motifs is 3. The Morgan fingerprint density at radius 1 is 0.296 bits per heavy atom. The first-order valence-corrected chi connectivity index (χ1v) is 23.2. The fraction of sp³-hybridized carbons (Fsp3) is 0. The van der Waals surface area contributed by atoms with E-state index < -0.39 is 0 Å². The number of hydrogen-bond acceptors (Lipinski definition) is 7. The van der Waals surface area contributed by atoms with Gasteiger partial charge in [0.05, 0.1) is 51.4 Å². The van der Waals surface area contributed by atoms with Crippen LogP contribution in [0.1, 0.15) is 11.1 Å². The van der Waals surface area contributed by atoms with Crippen molar-refractivity contribution in [1.29, 1.82) is 10.5 Å². The van der Waals surface area contributed by atoms with Gasteiger partial charge in [-0.15, -0.1) is 0 Å². The zero-order chi connectivity index (χ0) is 47.7. The number of benzene rings is 9. The largest absolute Gasteiger partial charge is 0.308 e. The molecule has 9 aromatic carbocycles. The Hall–Kier alpha value is -10.2. The van der Waals surface area contributed by atoms with Crippen LogP contribution in [0.3, 0.4) is 0 Å². The summed E-state index contributed by atoms with van der Waals surface area (Å²) in [7, 11) is 0. The molecular formula is C63H38N8. The molecule has 71 heavy (non-hydrogen) atoms. The Morgan fingerprint density at radius 2 is 0.690 bits per heavy atom. The van der Waals surface area contributed by atoms with Crippen LogP contribution in [0.2, 0.25) is 0 Å². The molecule has 0 amide bonds. The monoisotopic (exact) mass is 906 g/mol. The maximum absolute atomic E-state index is 9.84. The van der Waals surface area contributed by atoms with Gasteiger partial charge >= 0.3 is 0 Å². The molecule has 0 saturated heterocycles. The first kappa shape index (κ1) is 42.2. The van der Waals surface area contributed by atoms with Gasteiger partial charge in [-0.2, -0.15) is 10.5 Å². The van der Waals surface area contributed by atoms with Gasteiger partial charge in [-0.3, -0.25) is 0 Å². The fourth-order valence-electron chi connectivity index (χ4n) is 9.25. The second kappa shape index (κ2) is 18.2. The lowest BCUT2D eigenvalue weighted by Gasteiger charge is -2.17. The third-order valence-electron chi connectivity index (χ3n) is 12.7. The highest BCUT2D eigenvalue weighted by molar-refractivity contribution is 6.12. The minimum absolute atomic E-state index is 0.503. The highest BCUT2D eigenvalue weighted by Gasteiger charge is 2.22. The van der Waals surface area contributed by atoms with Gasteiger partial charge in [-0.25, -0.2) is 24.9 Å². The van der Waals surface area contributed by atoms with E-state index in [0.717, 1.165) is 94.5 Å². The van der Waals surface area contributed by atoms with Crippen molar-refractivity contribution in [2.75, 3.05) is 0 Å². The van der Waals surface area contributed by atoms with Crippen molar-refractivity contribution in [3.05, 3.63) is 242 Å². The second-order valence-corrected chi connectivity index (χ2v) is 17.1. The molecule has 0 aliphatic rings. The van der Waals surface area contributed by atoms with E-state index in [1.54, 1.807) is 0 Å². The van der Waals surface area contributed by atoms with Crippen LogP contribution < -0.4 is 0 Å². The maximum Gasteiger partial charge on any atom is 0.164 e. The summed E-state index contributed by atoms with van der Waals surface area (Å²) in [6, 6.07) is 81.6. The van der Waals surface area contributed by atoms with Gasteiger partial charge in [0, 0.05) is 44.2 Å². The lowest BCUT2D eigenvalue weighted by atomic mass is 9.99. The summed E-state index contributed by atoms with van der Waals surface area (Å²) in [6.45, 7) is 0. The van der Waals surface area contributed by atoms with Crippen LogP contribution in [0, 0.1) is 22.7 Å². The Labute approximate surface area is 409 Å². The summed E-state index contributed by atoms with van der Waals surface area (Å²) in [6.07, 6.45) is 0. The van der Waals surface area contributed by atoms with Crippen molar-refractivity contribution in [1.82, 2.24) is 29.5 Å². The molecule has 0 spiro atoms. The van der Waals surface area contributed by atoms with E-state index in [1.165, 1.54) is 0 Å². The molecular weight excluding hydrogens is 869 g/mol. The number of rotatable bonds is 9. The predicted octanol–water partition coefficient (Wildman–Crippen LogP) is 14.8. The first-order chi connectivity index (χ1) is 35.1. The molecule has 0 saturated carbocycles. The molecule has 0 bridgehead atoms. The number of nitrogens with zero attached hydrogens (tertiary/aromatic N) is 8. The molecule has 0 fully saturated rings. The molecule has 330 valence electrons. The molecule has 0 radical (unpaired) electrons. The van der Waals surface area contributed by atoms with Crippen molar-refractivity contribution in [3.63, 3.8) is 0 Å². The molecule has 8 nitrogen and oxygen atoms in total. The van der Waals surface area contributed by atoms with Crippen LogP contribution in [0.4, 0.5) is 0 Å². The van der Waals surface area contributed by atoms with Crippen LogP contribution in [0.15, 0.2) is 231 Å². The van der Waals surface area contributed by atoms with Crippen molar-refractivity contribution in [2.24, 2.45) is 0 Å². The maximum atomic E-state index is 9.84. The van der Waals surface area contributed by atoms with Crippen LogP contribution in [-0.2, 0) is 0 Å². The van der Waals surface area contributed by atoms with Crippen molar-refractivity contribution in [2.45, 2.75) is 0 Å². The Kier molecular flexibility index (Phi) is 10.8. The highest BCUT2D eigenvalue weighted by Crippen LogP contribution is 2.41. The van der Waals surface area contributed by atoms with Gasteiger partial charge in [0.1, 0.15) is 0 Å². The molecule has 12 aromatic rings. The predicted molar refractivity (Wildman–Crippen MR) is 283 cm³/mol. The third kappa shape index (κ3) is 8.14. The van der Waals surface area contributed by atoms with Crippen LogP contribution in [0.25, 0.3) is 118 Å². The standard InChI is InChI=1S/C63H38N8/c64-39-41-15-13-25-47(33-41)49-27-30-57-52(35-49)53-36-50(48-26-14-16-42(34-48)40-65)28-31-58(53)71(57)59-32-29-51(62-69-60(45-21-9-3-10-22-45)68-61(70-62)46-23-11-4-12-24-46)37-54(59)63-66-55(43-17-5-1-6-18-43)38-56(67-63)44-19-7-2-8-20-44/h1-38H. The summed E-state index contributed by atoms with van der Waals surface area (Å²) in [4.78, 5) is 26.1. The number of aromatic nitrogens is 6. The lowest BCUT2D eigenvalue weighted by Crippen LogP contribution is -2.04. The zero-order valence-corrected chi connectivity index (χ0v) is 38.0. The molecule has 0 aliphatic heterocycles. The Balaban J connectivity index is 1.15. The van der Waals surface area contributed by atoms with E-state index in [9.17, 15) is 10.5 Å². The minimum atomic E-state index is 0.503. The normalized spacial score (nSPS) is 11.1. The SMILES string of the molecule is N#Cc1cccc(-c2ccc3c(c2)c2cc(-c4cccc(C#N)c4)ccc2n3-c2ccc(-c3nc(-c4ccccc4)nc(-c4ccccc4)n3)cc2-c2nc(-c3ccccc3)cc(-c3ccccc3)n2)c1. The number of nitriles is 2. The lowest BCUT2D eigenvalue weighted by molar-refractivity contribution is 1.07. The minimum Gasteiger partial charge on any atom is -0.308 e. The molecule has 0 unspecified atom stereocenters. The van der Waals surface area contributed by atoms with E-state index in [1.807, 2.05) is 152 Å². The summed E-state index contributed by atoms with van der Waals surface area (Å²) in [5.74, 6) is 2.14. The highest BCUT2D eigenvalue weighted by atomic mass is 15.0. The van der Waals surface area contributed by atoms with Crippen molar-refractivity contribution in [3.8, 4) is 108 Å². The summed E-state index contributed by atoms with van der Waals surface area (Å²) in [5.41, 5.74) is 14.5. The molecule has 3 aromatic heterocycles. The van der Waals surface area contributed by atoms with Gasteiger partial charge < -0.3 is 4.57 Å². The topological polar surface area (TPSA) is 117 Å². The molecule has 3 heterocycles. The van der Waals surface area contributed by atoms with E-state index in [2.05, 4.69) is 95.6 Å². The van der Waals surface area contributed by atoms with Gasteiger partial charge in [-0.05, 0) is 95.1 Å². The smallest absolute Gasteiger partial charge is 0.164 e. The van der Waals surface area contributed by atoms with E-state index in [4.69, 9.17) is 24.9 Å². The second-order valence-electron chi connectivity index (χ2n) is 17.1. The third-order valence-corrected chi connectivity index (χ3v) is 12.7. The first-order valence-electron chi connectivity index (χ1n) is 23.2. The van der Waals surface area contributed by atoms with Crippen LogP contribution in [-0.4, -0.2) is 29.5 Å². The van der Waals surface area contributed by atoms with E-state index >= 15 is 0 Å². The van der Waals surface area contributed by atoms with E-state index in [-0.39, 0.29) is 0 Å². The average molecular weight is 907 g/mol. The summed E-state index contributed by atoms with van der Waals surface area (Å²) in [5, 5.41) is 21.7. The molecule has 8 heteroatoms. The summed E-state index contributed by atoms with van der Waals surface area (Å²) < 4.78 is 2.29. The number of hydrogen-bond donors (Lipinski definition) is 0. The molecule has 12 rings (SSSR count). The van der Waals surface area contributed by atoms with Crippen LogP contribution in [0.5, 0.6) is 0 Å². The van der Waals surface area contributed by atoms with Gasteiger partial charge in [-0.1, -0.05) is 158 Å². The van der Waals surface area contributed by atoms with Gasteiger partial charge in [0.2, 0.25) is 0 Å². The Bertz CT molecular complexity index is 3830.